The van der Waals surface area contributed by atoms with Crippen molar-refractivity contribution < 1.29 is 16.8 Å². The van der Waals surface area contributed by atoms with Crippen molar-refractivity contribution >= 4 is 31.4 Å². The lowest BCUT2D eigenvalue weighted by atomic mass is 10.0. The van der Waals surface area contributed by atoms with Crippen LogP contribution in [0.1, 0.15) is 56.2 Å². The molecule has 0 aliphatic rings. The van der Waals surface area contributed by atoms with Gasteiger partial charge in [-0.2, -0.15) is 5.26 Å². The zero-order valence-corrected chi connectivity index (χ0v) is 21.0. The van der Waals surface area contributed by atoms with Gasteiger partial charge in [-0.05, 0) is 65.4 Å². The van der Waals surface area contributed by atoms with E-state index in [1.165, 1.54) is 42.5 Å². The van der Waals surface area contributed by atoms with Gasteiger partial charge in [0.15, 0.2) is 0 Å². The molecular weight excluding hydrogens is 470 g/mol. The van der Waals surface area contributed by atoms with E-state index in [9.17, 15) is 22.1 Å². The highest BCUT2D eigenvalue weighted by Gasteiger charge is 2.21. The van der Waals surface area contributed by atoms with Gasteiger partial charge in [-0.1, -0.05) is 52.0 Å². The van der Waals surface area contributed by atoms with Gasteiger partial charge in [0.1, 0.15) is 0 Å². The first-order valence-electron chi connectivity index (χ1n) is 10.7. The number of rotatable bonds is 8. The van der Waals surface area contributed by atoms with Crippen LogP contribution in [0.4, 0.5) is 11.4 Å². The second kappa shape index (κ2) is 9.87. The van der Waals surface area contributed by atoms with Crippen molar-refractivity contribution in [3.63, 3.8) is 0 Å². The minimum atomic E-state index is -4.03. The summed E-state index contributed by atoms with van der Waals surface area (Å²) in [6.07, 6.45) is 0. The molecule has 3 aromatic rings. The van der Waals surface area contributed by atoms with E-state index >= 15 is 0 Å². The predicted octanol–water partition coefficient (Wildman–Crippen LogP) is 5.41. The van der Waals surface area contributed by atoms with Crippen LogP contribution in [0.2, 0.25) is 0 Å². The maximum absolute atomic E-state index is 13.0. The summed E-state index contributed by atoms with van der Waals surface area (Å²) in [5.41, 5.74) is 2.12. The molecule has 0 aliphatic carbocycles. The number of anilines is 2. The van der Waals surface area contributed by atoms with Crippen LogP contribution < -0.4 is 9.44 Å². The molecule has 178 valence electrons. The molecule has 0 amide bonds. The van der Waals surface area contributed by atoms with Crippen molar-refractivity contribution in [2.45, 2.75) is 49.3 Å². The summed E-state index contributed by atoms with van der Waals surface area (Å²) in [5, 5.41) is 9.27. The topological polar surface area (TPSA) is 116 Å². The Morgan fingerprint density at radius 2 is 1.06 bits per heavy atom. The zero-order valence-electron chi connectivity index (χ0n) is 19.4. The van der Waals surface area contributed by atoms with Crippen LogP contribution in [0.15, 0.2) is 76.5 Å². The molecule has 2 N–H and O–H groups in total. The number of benzene rings is 3. The standard InChI is InChI=1S/C25H27N3O4S2/c1-17(2)20-6-10-22(11-7-20)33(29,30)27-24-14-5-19(16-26)15-25(24)28-34(31,32)23-12-8-21(9-13-23)18(3)4/h5-15,17-18,27-28H,1-4H3. The number of nitriles is 1. The first-order valence-corrected chi connectivity index (χ1v) is 13.7. The lowest BCUT2D eigenvalue weighted by Gasteiger charge is -2.16. The molecule has 3 aromatic carbocycles. The van der Waals surface area contributed by atoms with Gasteiger partial charge in [-0.25, -0.2) is 16.8 Å². The Balaban J connectivity index is 1.95. The Morgan fingerprint density at radius 3 is 1.44 bits per heavy atom. The van der Waals surface area contributed by atoms with Gasteiger partial charge in [0.2, 0.25) is 0 Å². The molecule has 9 heteroatoms. The molecule has 0 spiro atoms. The van der Waals surface area contributed by atoms with Crippen molar-refractivity contribution in [2.24, 2.45) is 0 Å². The van der Waals surface area contributed by atoms with Gasteiger partial charge in [-0.3, -0.25) is 9.44 Å². The van der Waals surface area contributed by atoms with Gasteiger partial charge in [-0.15, -0.1) is 0 Å². The van der Waals surface area contributed by atoms with Crippen LogP contribution in [0, 0.1) is 11.3 Å². The molecule has 0 atom stereocenters. The third-order valence-corrected chi connectivity index (χ3v) is 8.11. The van der Waals surface area contributed by atoms with Crippen molar-refractivity contribution in [3.8, 4) is 6.07 Å². The van der Waals surface area contributed by atoms with Gasteiger partial charge < -0.3 is 0 Å². The predicted molar refractivity (Wildman–Crippen MR) is 134 cm³/mol. The minimum absolute atomic E-state index is 0.00862. The van der Waals surface area contributed by atoms with E-state index in [1.807, 2.05) is 33.8 Å². The Bertz CT molecular complexity index is 1420. The van der Waals surface area contributed by atoms with Crippen LogP contribution in [-0.4, -0.2) is 16.8 Å². The minimum Gasteiger partial charge on any atom is -0.277 e. The fraction of sp³-hybridized carbons (Fsp3) is 0.240. The molecular formula is C25H27N3O4S2. The second-order valence-electron chi connectivity index (χ2n) is 8.53. The lowest BCUT2D eigenvalue weighted by molar-refractivity contribution is 0.599. The fourth-order valence-corrected chi connectivity index (χ4v) is 5.41. The van der Waals surface area contributed by atoms with Crippen molar-refractivity contribution in [1.29, 1.82) is 5.26 Å². The average molecular weight is 498 g/mol. The number of hydrogen-bond acceptors (Lipinski definition) is 5. The molecule has 0 saturated heterocycles. The van der Waals surface area contributed by atoms with Crippen molar-refractivity contribution in [2.75, 3.05) is 9.44 Å². The molecule has 0 radical (unpaired) electrons. The van der Waals surface area contributed by atoms with Crippen LogP contribution in [0.3, 0.4) is 0 Å². The summed E-state index contributed by atoms with van der Waals surface area (Å²) in [6, 6.07) is 18.9. The molecule has 0 fully saturated rings. The van der Waals surface area contributed by atoms with E-state index in [2.05, 4.69) is 9.44 Å². The maximum Gasteiger partial charge on any atom is 0.261 e. The average Bonchev–Trinajstić information content (AvgIpc) is 2.80. The summed E-state index contributed by atoms with van der Waals surface area (Å²) in [6.45, 7) is 8.02. The second-order valence-corrected chi connectivity index (χ2v) is 11.9. The molecule has 0 saturated carbocycles. The van der Waals surface area contributed by atoms with Crippen molar-refractivity contribution in [1.82, 2.24) is 0 Å². The Kier molecular flexibility index (Phi) is 7.34. The molecule has 0 unspecified atom stereocenters. The summed E-state index contributed by atoms with van der Waals surface area (Å²) >= 11 is 0. The lowest BCUT2D eigenvalue weighted by Crippen LogP contribution is -2.18. The highest BCUT2D eigenvalue weighted by molar-refractivity contribution is 7.93. The Hall–Kier alpha value is -3.35. The zero-order chi connectivity index (χ0) is 25.1. The molecule has 0 bridgehead atoms. The summed E-state index contributed by atoms with van der Waals surface area (Å²) in [4.78, 5) is 0.0664. The monoisotopic (exact) mass is 497 g/mol. The first-order chi connectivity index (χ1) is 15.9. The number of sulfonamides is 2. The van der Waals surface area contributed by atoms with Crippen LogP contribution in [0.5, 0.6) is 0 Å². The Morgan fingerprint density at radius 1 is 0.647 bits per heavy atom. The van der Waals surface area contributed by atoms with Gasteiger partial charge >= 0.3 is 0 Å². The van der Waals surface area contributed by atoms with Gasteiger partial charge in [0, 0.05) is 0 Å². The molecule has 0 aliphatic heterocycles. The van der Waals surface area contributed by atoms with Gasteiger partial charge in [0.25, 0.3) is 20.0 Å². The number of nitrogens with one attached hydrogen (secondary N) is 2. The molecule has 0 aromatic heterocycles. The van der Waals surface area contributed by atoms with E-state index in [4.69, 9.17) is 0 Å². The van der Waals surface area contributed by atoms with E-state index < -0.39 is 20.0 Å². The normalized spacial score (nSPS) is 11.9. The number of hydrogen-bond donors (Lipinski definition) is 2. The van der Waals surface area contributed by atoms with Crippen LogP contribution in [-0.2, 0) is 20.0 Å². The molecule has 0 heterocycles. The molecule has 7 nitrogen and oxygen atoms in total. The maximum atomic E-state index is 13.0. The van der Waals surface area contributed by atoms with Crippen LogP contribution in [0.25, 0.3) is 0 Å². The SMILES string of the molecule is CC(C)c1ccc(S(=O)(=O)Nc2ccc(C#N)cc2NS(=O)(=O)c2ccc(C(C)C)cc2)cc1. The van der Waals surface area contributed by atoms with E-state index in [0.717, 1.165) is 11.1 Å². The summed E-state index contributed by atoms with van der Waals surface area (Å²) in [7, 11) is -8.03. The van der Waals surface area contributed by atoms with E-state index in [1.54, 1.807) is 24.3 Å². The third-order valence-electron chi connectivity index (χ3n) is 5.35. The largest absolute Gasteiger partial charge is 0.277 e. The van der Waals surface area contributed by atoms with Crippen molar-refractivity contribution in [3.05, 3.63) is 83.4 Å². The summed E-state index contributed by atoms with van der Waals surface area (Å²) in [5.74, 6) is 0.492. The fourth-order valence-electron chi connectivity index (χ4n) is 3.26. The smallest absolute Gasteiger partial charge is 0.261 e. The number of nitrogens with zero attached hydrogens (tertiary/aromatic N) is 1. The quantitative estimate of drug-likeness (QED) is 0.432. The van der Waals surface area contributed by atoms with Crippen LogP contribution >= 0.6 is 0 Å². The Labute approximate surface area is 201 Å². The molecule has 3 rings (SSSR count). The highest BCUT2D eigenvalue weighted by atomic mass is 32.2. The van der Waals surface area contributed by atoms with E-state index in [0.29, 0.717) is 0 Å². The summed E-state index contributed by atoms with van der Waals surface area (Å²) < 4.78 is 56.8. The highest BCUT2D eigenvalue weighted by Crippen LogP contribution is 2.29. The first kappa shape index (κ1) is 25.3. The van der Waals surface area contributed by atoms with Gasteiger partial charge in [0.05, 0.1) is 32.8 Å². The third kappa shape index (κ3) is 5.76. The molecule has 34 heavy (non-hydrogen) atoms. The van der Waals surface area contributed by atoms with E-state index in [-0.39, 0.29) is 38.6 Å².